The van der Waals surface area contributed by atoms with Crippen LogP contribution < -0.4 is 5.73 Å². The number of hydrogen-bond donors (Lipinski definition) is 1. The van der Waals surface area contributed by atoms with E-state index >= 15 is 0 Å². The lowest BCUT2D eigenvalue weighted by Crippen LogP contribution is -2.50. The number of halogens is 1. The van der Waals surface area contributed by atoms with Crippen LogP contribution in [0.5, 0.6) is 0 Å². The maximum absolute atomic E-state index is 13.6. The molecule has 0 unspecified atom stereocenters. The molecule has 2 aliphatic rings. The van der Waals surface area contributed by atoms with Crippen molar-refractivity contribution in [2.45, 2.75) is 24.9 Å². The summed E-state index contributed by atoms with van der Waals surface area (Å²) >= 11 is 0. The van der Waals surface area contributed by atoms with E-state index < -0.39 is 0 Å². The normalized spacial score (nSPS) is 23.5. The van der Waals surface area contributed by atoms with Gasteiger partial charge in [-0.25, -0.2) is 4.39 Å². The van der Waals surface area contributed by atoms with Gasteiger partial charge in [0.1, 0.15) is 5.82 Å². The van der Waals surface area contributed by atoms with Gasteiger partial charge in [0.15, 0.2) is 0 Å². The number of rotatable bonds is 4. The minimum Gasteiger partial charge on any atom is -0.324 e. The van der Waals surface area contributed by atoms with E-state index in [0.717, 1.165) is 38.3 Å². The fraction of sp³-hybridized carbons (Fsp3) is 0.600. The molecule has 1 aliphatic carbocycles. The van der Waals surface area contributed by atoms with Crippen molar-refractivity contribution in [3.8, 4) is 0 Å². The number of piperazine rings is 1. The van der Waals surface area contributed by atoms with Gasteiger partial charge in [-0.1, -0.05) is 18.2 Å². The van der Waals surface area contributed by atoms with Gasteiger partial charge in [-0.05, 0) is 18.9 Å². The highest BCUT2D eigenvalue weighted by Crippen LogP contribution is 2.33. The van der Waals surface area contributed by atoms with Crippen LogP contribution in [0.3, 0.4) is 0 Å². The van der Waals surface area contributed by atoms with E-state index in [0.29, 0.717) is 6.54 Å². The third-order valence-electron chi connectivity index (χ3n) is 4.25. The van der Waals surface area contributed by atoms with Crippen molar-refractivity contribution < 1.29 is 4.39 Å². The molecule has 1 aliphatic heterocycles. The highest BCUT2D eigenvalue weighted by molar-refractivity contribution is 5.17. The molecule has 19 heavy (non-hydrogen) atoms. The molecule has 0 bridgehead atoms. The maximum atomic E-state index is 13.6. The first kappa shape index (κ1) is 13.0. The van der Waals surface area contributed by atoms with Crippen molar-refractivity contribution in [1.29, 1.82) is 0 Å². The van der Waals surface area contributed by atoms with E-state index in [1.807, 2.05) is 12.1 Å². The first-order valence-corrected chi connectivity index (χ1v) is 7.12. The second-order valence-corrected chi connectivity index (χ2v) is 6.01. The number of benzene rings is 1. The Bertz CT molecular complexity index is 437. The van der Waals surface area contributed by atoms with E-state index in [1.54, 1.807) is 6.07 Å². The van der Waals surface area contributed by atoms with E-state index in [9.17, 15) is 4.39 Å². The lowest BCUT2D eigenvalue weighted by molar-refractivity contribution is 0.119. The van der Waals surface area contributed by atoms with Crippen molar-refractivity contribution in [2.75, 3.05) is 32.7 Å². The Kier molecular flexibility index (Phi) is 3.56. The molecular formula is C15H22FN3. The van der Waals surface area contributed by atoms with Crippen LogP contribution in [0.4, 0.5) is 4.39 Å². The zero-order valence-corrected chi connectivity index (χ0v) is 11.3. The highest BCUT2D eigenvalue weighted by Gasteiger charge is 2.40. The second-order valence-electron chi connectivity index (χ2n) is 6.01. The Morgan fingerprint density at radius 2 is 1.68 bits per heavy atom. The Morgan fingerprint density at radius 1 is 1.05 bits per heavy atom. The van der Waals surface area contributed by atoms with Crippen LogP contribution in [-0.2, 0) is 6.54 Å². The molecule has 3 nitrogen and oxygen atoms in total. The van der Waals surface area contributed by atoms with E-state index in [4.69, 9.17) is 5.73 Å². The molecule has 1 saturated heterocycles. The average molecular weight is 263 g/mol. The van der Waals surface area contributed by atoms with Gasteiger partial charge >= 0.3 is 0 Å². The van der Waals surface area contributed by atoms with Crippen LogP contribution in [0.15, 0.2) is 24.3 Å². The van der Waals surface area contributed by atoms with Crippen molar-refractivity contribution in [3.05, 3.63) is 35.6 Å². The van der Waals surface area contributed by atoms with Crippen LogP contribution in [0.2, 0.25) is 0 Å². The molecule has 1 aromatic rings. The fourth-order valence-electron chi connectivity index (χ4n) is 2.74. The van der Waals surface area contributed by atoms with Crippen LogP contribution in [-0.4, -0.2) is 48.1 Å². The van der Waals surface area contributed by atoms with Crippen molar-refractivity contribution in [3.63, 3.8) is 0 Å². The van der Waals surface area contributed by atoms with Gasteiger partial charge in [0, 0.05) is 50.4 Å². The molecule has 0 amide bonds. The van der Waals surface area contributed by atoms with Crippen LogP contribution >= 0.6 is 0 Å². The van der Waals surface area contributed by atoms with Gasteiger partial charge in [0.2, 0.25) is 0 Å². The van der Waals surface area contributed by atoms with Crippen LogP contribution in [0.25, 0.3) is 0 Å². The molecule has 4 heteroatoms. The van der Waals surface area contributed by atoms with Crippen molar-refractivity contribution in [1.82, 2.24) is 9.80 Å². The molecule has 104 valence electrons. The van der Waals surface area contributed by atoms with Gasteiger partial charge in [-0.3, -0.25) is 9.80 Å². The zero-order valence-electron chi connectivity index (χ0n) is 11.3. The number of nitrogens with two attached hydrogens (primary N) is 1. The molecule has 0 aromatic heterocycles. The molecule has 1 aromatic carbocycles. The summed E-state index contributed by atoms with van der Waals surface area (Å²) < 4.78 is 13.6. The number of hydrogen-bond acceptors (Lipinski definition) is 3. The Labute approximate surface area is 114 Å². The van der Waals surface area contributed by atoms with Gasteiger partial charge in [0.25, 0.3) is 0 Å². The van der Waals surface area contributed by atoms with E-state index in [1.165, 1.54) is 18.9 Å². The lowest BCUT2D eigenvalue weighted by Gasteiger charge is -2.36. The Hall–Kier alpha value is -0.970. The van der Waals surface area contributed by atoms with E-state index in [-0.39, 0.29) is 11.4 Å². The minimum absolute atomic E-state index is 0.0937. The standard InChI is InChI=1S/C15H22FN3/c16-14-4-2-1-3-13(14)11-18-7-9-19(10-8-18)12-15(17)5-6-15/h1-4H,5-12,17H2. The fourth-order valence-corrected chi connectivity index (χ4v) is 2.74. The van der Waals surface area contributed by atoms with E-state index in [2.05, 4.69) is 9.80 Å². The quantitative estimate of drug-likeness (QED) is 0.892. The molecule has 0 spiro atoms. The molecule has 0 radical (unpaired) electrons. The Morgan fingerprint density at radius 3 is 2.32 bits per heavy atom. The highest BCUT2D eigenvalue weighted by atomic mass is 19.1. The summed E-state index contributed by atoms with van der Waals surface area (Å²) in [5, 5.41) is 0. The third-order valence-corrected chi connectivity index (χ3v) is 4.25. The zero-order chi connectivity index (χ0) is 13.3. The van der Waals surface area contributed by atoms with Crippen molar-refractivity contribution in [2.24, 2.45) is 5.73 Å². The van der Waals surface area contributed by atoms with Gasteiger partial charge in [0.05, 0.1) is 0 Å². The topological polar surface area (TPSA) is 32.5 Å². The largest absolute Gasteiger partial charge is 0.324 e. The van der Waals surface area contributed by atoms with Gasteiger partial charge in [-0.15, -0.1) is 0 Å². The molecule has 3 rings (SSSR count). The summed E-state index contributed by atoms with van der Waals surface area (Å²) in [4.78, 5) is 4.77. The average Bonchev–Trinajstić information content (AvgIpc) is 3.12. The Balaban J connectivity index is 1.49. The molecule has 0 atom stereocenters. The summed E-state index contributed by atoms with van der Waals surface area (Å²) in [7, 11) is 0. The molecule has 1 heterocycles. The maximum Gasteiger partial charge on any atom is 0.127 e. The monoisotopic (exact) mass is 263 g/mol. The predicted molar refractivity (Wildman–Crippen MR) is 74.3 cm³/mol. The SMILES string of the molecule is NC1(CN2CCN(Cc3ccccc3F)CC2)CC1. The smallest absolute Gasteiger partial charge is 0.127 e. The lowest BCUT2D eigenvalue weighted by atomic mass is 10.1. The second kappa shape index (κ2) is 5.19. The molecule has 2 fully saturated rings. The van der Waals surface area contributed by atoms with Crippen LogP contribution in [0, 0.1) is 5.82 Å². The predicted octanol–water partition coefficient (Wildman–Crippen LogP) is 1.43. The minimum atomic E-state index is -0.0937. The van der Waals surface area contributed by atoms with Gasteiger partial charge < -0.3 is 5.73 Å². The first-order chi connectivity index (χ1) is 9.15. The molecule has 1 saturated carbocycles. The summed E-state index contributed by atoms with van der Waals surface area (Å²) in [6.45, 7) is 5.85. The summed E-state index contributed by atoms with van der Waals surface area (Å²) in [6.07, 6.45) is 2.34. The molecular weight excluding hydrogens is 241 g/mol. The summed E-state index contributed by atoms with van der Waals surface area (Å²) in [5.74, 6) is -0.0937. The van der Waals surface area contributed by atoms with Crippen molar-refractivity contribution >= 4 is 0 Å². The summed E-state index contributed by atoms with van der Waals surface area (Å²) in [5.41, 5.74) is 7.05. The third kappa shape index (κ3) is 3.32. The molecule has 2 N–H and O–H groups in total. The number of nitrogens with zero attached hydrogens (tertiary/aromatic N) is 2. The van der Waals surface area contributed by atoms with Gasteiger partial charge in [-0.2, -0.15) is 0 Å². The summed E-state index contributed by atoms with van der Waals surface area (Å²) in [6, 6.07) is 7.06. The van der Waals surface area contributed by atoms with Crippen LogP contribution in [0.1, 0.15) is 18.4 Å². The first-order valence-electron chi connectivity index (χ1n) is 7.12.